The second-order valence-electron chi connectivity index (χ2n) is 7.03. The van der Waals surface area contributed by atoms with Crippen LogP contribution >= 0.6 is 11.6 Å². The molecule has 0 saturated carbocycles. The van der Waals surface area contributed by atoms with Gasteiger partial charge in [-0.15, -0.1) is 0 Å². The van der Waals surface area contributed by atoms with Crippen molar-refractivity contribution in [2.24, 2.45) is 4.99 Å². The molecule has 1 fully saturated rings. The van der Waals surface area contributed by atoms with Gasteiger partial charge in [-0.2, -0.15) is 0 Å². The Morgan fingerprint density at radius 2 is 1.96 bits per heavy atom. The van der Waals surface area contributed by atoms with Gasteiger partial charge in [-0.1, -0.05) is 11.6 Å². The molecule has 0 spiro atoms. The third-order valence-corrected chi connectivity index (χ3v) is 5.14. The van der Waals surface area contributed by atoms with Crippen molar-refractivity contribution in [1.82, 2.24) is 9.88 Å². The van der Waals surface area contributed by atoms with Crippen LogP contribution < -0.4 is 5.32 Å². The summed E-state index contributed by atoms with van der Waals surface area (Å²) in [5, 5.41) is 14.7. The minimum Gasteiger partial charge on any atom is -0.392 e. The van der Waals surface area contributed by atoms with Crippen molar-refractivity contribution in [3.8, 4) is 0 Å². The number of piperidine rings is 1. The summed E-state index contributed by atoms with van der Waals surface area (Å²) in [6.45, 7) is 2.08. The molecule has 4 rings (SSSR count). The molecule has 6 heteroatoms. The van der Waals surface area contributed by atoms with Gasteiger partial charge in [0.25, 0.3) is 0 Å². The summed E-state index contributed by atoms with van der Waals surface area (Å²) in [4.78, 5) is 11.3. The van der Waals surface area contributed by atoms with Crippen molar-refractivity contribution in [2.75, 3.05) is 18.4 Å². The normalized spacial score (nSPS) is 14.7. The number of aliphatic imine (C=N–C) groups is 1. The van der Waals surface area contributed by atoms with Crippen LogP contribution in [0.5, 0.6) is 0 Å². The third kappa shape index (κ3) is 4.43. The van der Waals surface area contributed by atoms with E-state index in [-0.39, 0.29) is 6.61 Å². The Bertz CT molecular complexity index is 999. The highest BCUT2D eigenvalue weighted by atomic mass is 35.5. The highest BCUT2D eigenvalue weighted by Crippen LogP contribution is 2.29. The first kappa shape index (κ1) is 18.7. The molecule has 1 aromatic heterocycles. The van der Waals surface area contributed by atoms with E-state index in [1.54, 1.807) is 6.20 Å². The van der Waals surface area contributed by atoms with Gasteiger partial charge in [0.1, 0.15) is 0 Å². The predicted molar refractivity (Wildman–Crippen MR) is 116 cm³/mol. The van der Waals surface area contributed by atoms with E-state index in [2.05, 4.69) is 20.2 Å². The van der Waals surface area contributed by atoms with E-state index >= 15 is 0 Å². The van der Waals surface area contributed by atoms with Crippen molar-refractivity contribution in [2.45, 2.75) is 25.9 Å². The first-order valence-corrected chi connectivity index (χ1v) is 9.93. The van der Waals surface area contributed by atoms with E-state index in [0.717, 1.165) is 46.6 Å². The Morgan fingerprint density at radius 1 is 1.11 bits per heavy atom. The van der Waals surface area contributed by atoms with Crippen LogP contribution in [0.3, 0.4) is 0 Å². The van der Waals surface area contributed by atoms with Gasteiger partial charge in [-0.25, -0.2) is 4.99 Å². The van der Waals surface area contributed by atoms with Crippen molar-refractivity contribution in [3.63, 3.8) is 0 Å². The number of rotatable bonds is 5. The average molecular weight is 395 g/mol. The standard InChI is InChI=1S/C22H23ClN4O/c23-17-4-5-20-21(6-7-24-22(20)12-17)26-19-11-16(14-28)10-18(13-19)25-15-27-8-2-1-3-9-27/h4-7,10-13,15,28H,1-3,8-9,14H2,(H,24,26). The number of halogens is 1. The number of nitrogens with one attached hydrogen (secondary N) is 1. The Labute approximate surface area is 169 Å². The first-order chi connectivity index (χ1) is 13.7. The molecule has 0 bridgehead atoms. The fourth-order valence-corrected chi connectivity index (χ4v) is 3.65. The van der Waals surface area contributed by atoms with E-state index in [1.807, 2.05) is 48.8 Å². The average Bonchev–Trinajstić information content (AvgIpc) is 2.73. The van der Waals surface area contributed by atoms with E-state index in [0.29, 0.717) is 5.02 Å². The largest absolute Gasteiger partial charge is 0.392 e. The number of hydrogen-bond donors (Lipinski definition) is 2. The predicted octanol–water partition coefficient (Wildman–Crippen LogP) is 5.27. The van der Waals surface area contributed by atoms with Gasteiger partial charge in [0, 0.05) is 41.1 Å². The second kappa shape index (κ2) is 8.59. The Kier molecular flexibility index (Phi) is 5.74. The lowest BCUT2D eigenvalue weighted by atomic mass is 10.1. The fourth-order valence-electron chi connectivity index (χ4n) is 3.48. The molecule has 144 valence electrons. The molecule has 0 radical (unpaired) electrons. The number of aliphatic hydroxyl groups is 1. The molecule has 0 unspecified atom stereocenters. The van der Waals surface area contributed by atoms with E-state index in [9.17, 15) is 5.11 Å². The molecule has 2 aromatic carbocycles. The van der Waals surface area contributed by atoms with Crippen molar-refractivity contribution in [1.29, 1.82) is 0 Å². The molecule has 0 amide bonds. The molecule has 0 atom stereocenters. The van der Waals surface area contributed by atoms with Gasteiger partial charge in [0.2, 0.25) is 0 Å². The van der Waals surface area contributed by atoms with Gasteiger partial charge < -0.3 is 15.3 Å². The lowest BCUT2D eigenvalue weighted by Gasteiger charge is -2.23. The second-order valence-corrected chi connectivity index (χ2v) is 7.47. The third-order valence-electron chi connectivity index (χ3n) is 4.90. The van der Waals surface area contributed by atoms with E-state index in [4.69, 9.17) is 11.6 Å². The van der Waals surface area contributed by atoms with Gasteiger partial charge in [0.15, 0.2) is 0 Å². The number of anilines is 2. The lowest BCUT2D eigenvalue weighted by Crippen LogP contribution is -2.27. The molecular formula is C22H23ClN4O. The van der Waals surface area contributed by atoms with Gasteiger partial charge in [-0.3, -0.25) is 4.98 Å². The van der Waals surface area contributed by atoms with Gasteiger partial charge in [-0.05, 0) is 67.3 Å². The molecule has 2 N–H and O–H groups in total. The number of aromatic nitrogens is 1. The van der Waals surface area contributed by atoms with Crippen LogP contribution in [-0.4, -0.2) is 34.4 Å². The van der Waals surface area contributed by atoms with Gasteiger partial charge in [0.05, 0.1) is 24.1 Å². The van der Waals surface area contributed by atoms with Crippen molar-refractivity contribution < 1.29 is 5.11 Å². The smallest absolute Gasteiger partial charge is 0.0912 e. The van der Waals surface area contributed by atoms with Crippen LogP contribution in [0.4, 0.5) is 17.1 Å². The number of aliphatic hydroxyl groups excluding tert-OH is 1. The number of nitrogens with zero attached hydrogens (tertiary/aromatic N) is 3. The zero-order valence-electron chi connectivity index (χ0n) is 15.6. The van der Waals surface area contributed by atoms with Crippen LogP contribution in [0.1, 0.15) is 24.8 Å². The highest BCUT2D eigenvalue weighted by Gasteiger charge is 2.08. The molecule has 1 saturated heterocycles. The zero-order chi connectivity index (χ0) is 19.3. The monoisotopic (exact) mass is 394 g/mol. The minimum atomic E-state index is -0.0333. The number of fused-ring (bicyclic) bond motifs is 1. The minimum absolute atomic E-state index is 0.0333. The molecule has 0 aliphatic carbocycles. The summed E-state index contributed by atoms with van der Waals surface area (Å²) in [5.74, 6) is 0. The number of benzene rings is 2. The van der Waals surface area contributed by atoms with Crippen LogP contribution in [-0.2, 0) is 6.61 Å². The maximum atomic E-state index is 9.66. The molecule has 1 aliphatic rings. The molecular weight excluding hydrogens is 372 g/mol. The molecule has 3 aromatic rings. The maximum Gasteiger partial charge on any atom is 0.0912 e. The van der Waals surface area contributed by atoms with Crippen LogP contribution in [0.15, 0.2) is 53.7 Å². The van der Waals surface area contributed by atoms with Gasteiger partial charge >= 0.3 is 0 Å². The number of likely N-dealkylation sites (tertiary alicyclic amines) is 1. The Morgan fingerprint density at radius 3 is 2.79 bits per heavy atom. The Balaban J connectivity index is 1.62. The summed E-state index contributed by atoms with van der Waals surface area (Å²) >= 11 is 6.08. The van der Waals surface area contributed by atoms with Crippen LogP contribution in [0, 0.1) is 0 Å². The topological polar surface area (TPSA) is 60.8 Å². The maximum absolute atomic E-state index is 9.66. The first-order valence-electron chi connectivity index (χ1n) is 9.56. The summed E-state index contributed by atoms with van der Waals surface area (Å²) in [6, 6.07) is 13.4. The Hall–Kier alpha value is -2.63. The van der Waals surface area contributed by atoms with Crippen molar-refractivity contribution in [3.05, 3.63) is 59.2 Å². The lowest BCUT2D eigenvalue weighted by molar-refractivity contribution is 0.282. The van der Waals surface area contributed by atoms with Crippen LogP contribution in [0.25, 0.3) is 10.9 Å². The summed E-state index contributed by atoms with van der Waals surface area (Å²) in [5.41, 5.74) is 4.28. The quantitative estimate of drug-likeness (QED) is 0.457. The molecule has 5 nitrogen and oxygen atoms in total. The molecule has 28 heavy (non-hydrogen) atoms. The molecule has 2 heterocycles. The summed E-state index contributed by atoms with van der Waals surface area (Å²) in [7, 11) is 0. The number of hydrogen-bond acceptors (Lipinski definition) is 4. The van der Waals surface area contributed by atoms with E-state index < -0.39 is 0 Å². The molecule has 1 aliphatic heterocycles. The highest BCUT2D eigenvalue weighted by molar-refractivity contribution is 6.31. The van der Waals surface area contributed by atoms with Crippen LogP contribution in [0.2, 0.25) is 5.02 Å². The fraction of sp³-hybridized carbons (Fsp3) is 0.273. The van der Waals surface area contributed by atoms with Crippen molar-refractivity contribution >= 4 is 45.9 Å². The number of pyridine rings is 1. The van der Waals surface area contributed by atoms with E-state index in [1.165, 1.54) is 19.3 Å². The zero-order valence-corrected chi connectivity index (χ0v) is 16.4. The summed E-state index contributed by atoms with van der Waals surface area (Å²) in [6.07, 6.45) is 7.41. The SMILES string of the molecule is OCc1cc(N=CN2CCCCC2)cc(Nc2ccnc3cc(Cl)ccc23)c1. The summed E-state index contributed by atoms with van der Waals surface area (Å²) < 4.78 is 0.